The first-order valence-electron chi connectivity index (χ1n) is 5.90. The largest absolute Gasteiger partial charge is 0.469 e. The first-order chi connectivity index (χ1) is 8.91. The highest BCUT2D eigenvalue weighted by Crippen LogP contribution is 2.37. The maximum absolute atomic E-state index is 12.4. The predicted octanol–water partition coefficient (Wildman–Crippen LogP) is 1.12. The van der Waals surface area contributed by atoms with Crippen molar-refractivity contribution < 1.29 is 19.1 Å². The second-order valence-corrected chi connectivity index (χ2v) is 4.80. The lowest BCUT2D eigenvalue weighted by Gasteiger charge is -2.37. The van der Waals surface area contributed by atoms with E-state index in [4.69, 9.17) is 0 Å². The van der Waals surface area contributed by atoms with E-state index in [0.29, 0.717) is 11.1 Å². The molecule has 1 unspecified atom stereocenters. The van der Waals surface area contributed by atoms with Gasteiger partial charge in [-0.2, -0.15) is 0 Å². The van der Waals surface area contributed by atoms with Crippen molar-refractivity contribution in [3.63, 3.8) is 0 Å². The molecule has 100 valence electrons. The molecule has 0 radical (unpaired) electrons. The molecule has 2 rings (SSSR count). The van der Waals surface area contributed by atoms with Crippen LogP contribution < -0.4 is 0 Å². The van der Waals surface area contributed by atoms with Crippen LogP contribution in [-0.4, -0.2) is 36.8 Å². The third-order valence-corrected chi connectivity index (χ3v) is 3.56. The van der Waals surface area contributed by atoms with Crippen LogP contribution in [0.5, 0.6) is 0 Å². The fourth-order valence-corrected chi connectivity index (χ4v) is 2.44. The van der Waals surface area contributed by atoms with E-state index in [-0.39, 0.29) is 18.2 Å². The summed E-state index contributed by atoms with van der Waals surface area (Å²) in [5.74, 6) is -1.21. The first kappa shape index (κ1) is 13.3. The number of carbonyl (C=O) groups is 3. The Kier molecular flexibility index (Phi) is 3.14. The summed E-state index contributed by atoms with van der Waals surface area (Å²) in [5, 5.41) is 0. The molecule has 1 heterocycles. The van der Waals surface area contributed by atoms with E-state index in [2.05, 4.69) is 4.74 Å². The zero-order valence-electron chi connectivity index (χ0n) is 11.1. The maximum atomic E-state index is 12.4. The van der Waals surface area contributed by atoms with Crippen LogP contribution in [0.2, 0.25) is 0 Å². The molecule has 2 amide bonds. The Hall–Kier alpha value is -2.17. The Morgan fingerprint density at radius 2 is 1.95 bits per heavy atom. The summed E-state index contributed by atoms with van der Waals surface area (Å²) in [5.41, 5.74) is -0.0312. The minimum Gasteiger partial charge on any atom is -0.469 e. The van der Waals surface area contributed by atoms with Crippen molar-refractivity contribution >= 4 is 17.8 Å². The number of rotatable bonds is 2. The van der Waals surface area contributed by atoms with Crippen molar-refractivity contribution in [3.8, 4) is 0 Å². The summed E-state index contributed by atoms with van der Waals surface area (Å²) >= 11 is 0. The second kappa shape index (κ2) is 4.50. The first-order valence-corrected chi connectivity index (χ1v) is 5.90. The van der Waals surface area contributed by atoms with Crippen molar-refractivity contribution in [3.05, 3.63) is 35.4 Å². The zero-order valence-corrected chi connectivity index (χ0v) is 11.1. The van der Waals surface area contributed by atoms with Gasteiger partial charge >= 0.3 is 5.97 Å². The molecule has 0 N–H and O–H groups in total. The number of amides is 2. The van der Waals surface area contributed by atoms with Crippen molar-refractivity contribution in [1.29, 1.82) is 0 Å². The number of fused-ring (bicyclic) bond motifs is 1. The van der Waals surface area contributed by atoms with Gasteiger partial charge in [0.25, 0.3) is 5.91 Å². The number of carbonyl (C=O) groups excluding carboxylic acids is 3. The lowest BCUT2D eigenvalue weighted by atomic mass is 9.73. The van der Waals surface area contributed by atoms with Gasteiger partial charge < -0.3 is 4.74 Å². The van der Waals surface area contributed by atoms with Crippen LogP contribution >= 0.6 is 0 Å². The molecule has 0 bridgehead atoms. The Bertz CT molecular complexity index is 566. The molecule has 0 fully saturated rings. The van der Waals surface area contributed by atoms with Gasteiger partial charge in [-0.3, -0.25) is 19.3 Å². The summed E-state index contributed by atoms with van der Waals surface area (Å²) in [4.78, 5) is 37.0. The molecule has 1 atom stereocenters. The number of hydrogen-bond acceptors (Lipinski definition) is 4. The van der Waals surface area contributed by atoms with E-state index in [0.717, 1.165) is 4.90 Å². The molecule has 0 aromatic heterocycles. The molecule has 5 heteroatoms. The van der Waals surface area contributed by atoms with Crippen LogP contribution in [0.25, 0.3) is 0 Å². The van der Waals surface area contributed by atoms with Crippen molar-refractivity contribution in [2.45, 2.75) is 18.8 Å². The number of hydrogen-bond donors (Lipinski definition) is 0. The van der Waals surface area contributed by atoms with Crippen molar-refractivity contribution in [1.82, 2.24) is 4.90 Å². The average molecular weight is 261 g/mol. The Morgan fingerprint density at radius 1 is 1.32 bits per heavy atom. The number of methoxy groups -OCH3 is 1. The van der Waals surface area contributed by atoms with Gasteiger partial charge in [-0.25, -0.2) is 0 Å². The smallest absolute Gasteiger partial charge is 0.306 e. The highest BCUT2D eigenvalue weighted by molar-refractivity contribution is 6.13. The molecule has 0 aliphatic carbocycles. The van der Waals surface area contributed by atoms with E-state index in [1.54, 1.807) is 31.2 Å². The highest BCUT2D eigenvalue weighted by Gasteiger charge is 2.47. The molecular formula is C14H15NO4. The quantitative estimate of drug-likeness (QED) is 0.591. The van der Waals surface area contributed by atoms with Gasteiger partial charge in [-0.15, -0.1) is 0 Å². The molecule has 0 spiro atoms. The summed E-state index contributed by atoms with van der Waals surface area (Å²) in [6, 6.07) is 6.86. The fraction of sp³-hybridized carbons (Fsp3) is 0.357. The number of benzene rings is 1. The summed E-state index contributed by atoms with van der Waals surface area (Å²) < 4.78 is 4.65. The molecule has 1 aromatic rings. The molecule has 1 aromatic carbocycles. The van der Waals surface area contributed by atoms with Gasteiger partial charge in [0.05, 0.1) is 18.9 Å². The number of likely N-dealkylation sites (N-methyl/N-ethyl adjacent to an activating group) is 1. The molecular weight excluding hydrogens is 246 g/mol. The van der Waals surface area contributed by atoms with Crippen LogP contribution in [0.4, 0.5) is 0 Å². The second-order valence-electron chi connectivity index (χ2n) is 4.80. The molecule has 5 nitrogen and oxygen atoms in total. The van der Waals surface area contributed by atoms with Gasteiger partial charge in [0.2, 0.25) is 5.91 Å². The molecule has 1 aliphatic rings. The van der Waals surface area contributed by atoms with Gasteiger partial charge in [0.1, 0.15) is 0 Å². The maximum Gasteiger partial charge on any atom is 0.306 e. The van der Waals surface area contributed by atoms with Crippen LogP contribution in [0.1, 0.15) is 29.3 Å². The molecule has 0 saturated heterocycles. The number of imide groups is 1. The van der Waals surface area contributed by atoms with E-state index < -0.39 is 11.4 Å². The van der Waals surface area contributed by atoms with E-state index in [1.807, 2.05) is 0 Å². The fourth-order valence-electron chi connectivity index (χ4n) is 2.44. The molecule has 19 heavy (non-hydrogen) atoms. The van der Waals surface area contributed by atoms with E-state index in [1.165, 1.54) is 14.2 Å². The zero-order chi connectivity index (χ0) is 14.2. The summed E-state index contributed by atoms with van der Waals surface area (Å²) in [7, 11) is 2.70. The average Bonchev–Trinajstić information content (AvgIpc) is 2.43. The molecule has 0 saturated carbocycles. The normalized spacial score (nSPS) is 22.2. The van der Waals surface area contributed by atoms with Crippen molar-refractivity contribution in [2.24, 2.45) is 0 Å². The van der Waals surface area contributed by atoms with Gasteiger partial charge in [0, 0.05) is 12.6 Å². The van der Waals surface area contributed by atoms with Gasteiger partial charge in [-0.05, 0) is 18.6 Å². The van der Waals surface area contributed by atoms with Gasteiger partial charge in [0.15, 0.2) is 0 Å². The minimum absolute atomic E-state index is 0.0863. The van der Waals surface area contributed by atoms with Crippen molar-refractivity contribution in [2.75, 3.05) is 14.2 Å². The van der Waals surface area contributed by atoms with Crippen LogP contribution in [0, 0.1) is 0 Å². The third kappa shape index (κ3) is 1.91. The summed E-state index contributed by atoms with van der Waals surface area (Å²) in [6.45, 7) is 1.66. The Morgan fingerprint density at radius 3 is 2.58 bits per heavy atom. The predicted molar refractivity (Wildman–Crippen MR) is 67.5 cm³/mol. The highest BCUT2D eigenvalue weighted by atomic mass is 16.5. The lowest BCUT2D eigenvalue weighted by Crippen LogP contribution is -2.52. The topological polar surface area (TPSA) is 63.7 Å². The SMILES string of the molecule is COC(=O)CC1(C)C(=O)N(C)C(=O)c2ccccc21. The van der Waals surface area contributed by atoms with Crippen LogP contribution in [0.3, 0.4) is 0 Å². The third-order valence-electron chi connectivity index (χ3n) is 3.56. The van der Waals surface area contributed by atoms with E-state index >= 15 is 0 Å². The summed E-state index contributed by atoms with van der Waals surface area (Å²) in [6.07, 6.45) is -0.0863. The Labute approximate surface area is 111 Å². The van der Waals surface area contributed by atoms with Crippen LogP contribution in [-0.2, 0) is 19.7 Å². The molecule has 1 aliphatic heterocycles. The number of esters is 1. The van der Waals surface area contributed by atoms with E-state index in [9.17, 15) is 14.4 Å². The minimum atomic E-state index is -1.06. The number of ether oxygens (including phenoxy) is 1. The monoisotopic (exact) mass is 261 g/mol. The van der Waals surface area contributed by atoms with Crippen LogP contribution in [0.15, 0.2) is 24.3 Å². The standard InChI is InChI=1S/C14H15NO4/c1-14(8-11(16)19-3)10-7-5-4-6-9(10)12(17)15(2)13(14)18/h4-7H,8H2,1-3H3. The Balaban J connectivity index is 2.59. The lowest BCUT2D eigenvalue weighted by molar-refractivity contribution is -0.147. The van der Waals surface area contributed by atoms with Gasteiger partial charge in [-0.1, -0.05) is 18.2 Å². The number of nitrogens with zero attached hydrogens (tertiary/aromatic N) is 1.